The molecule has 5 heteroatoms. The second-order valence-corrected chi connectivity index (χ2v) is 7.38. The van der Waals surface area contributed by atoms with Gasteiger partial charge in [-0.2, -0.15) is 0 Å². The highest BCUT2D eigenvalue weighted by atomic mass is 32.1. The molecule has 118 valence electrons. The maximum atomic E-state index is 6.19. The summed E-state index contributed by atoms with van der Waals surface area (Å²) in [5.41, 5.74) is 1.38. The zero-order valence-corrected chi connectivity index (χ0v) is 14.0. The molecule has 1 N–H and O–H groups in total. The van der Waals surface area contributed by atoms with E-state index in [1.165, 1.54) is 42.7 Å². The van der Waals surface area contributed by atoms with Crippen LogP contribution < -0.4 is 5.32 Å². The number of nitrogens with zero attached hydrogens (tertiary/aromatic N) is 2. The van der Waals surface area contributed by atoms with Crippen LogP contribution in [0.2, 0.25) is 0 Å². The Balaban J connectivity index is 1.77. The Morgan fingerprint density at radius 2 is 2.24 bits per heavy atom. The summed E-state index contributed by atoms with van der Waals surface area (Å²) in [7, 11) is 2.08. The molecule has 1 aliphatic heterocycles. The largest absolute Gasteiger partial charge is 0.375 e. The third-order valence-electron chi connectivity index (χ3n) is 5.18. The normalized spacial score (nSPS) is 26.3. The molecule has 2 atom stereocenters. The summed E-state index contributed by atoms with van der Waals surface area (Å²) in [5, 5.41) is 7.91. The maximum Gasteiger partial charge on any atom is 0.0803 e. The molecule has 2 heterocycles. The molecule has 3 rings (SSSR count). The predicted octanol–water partition coefficient (Wildman–Crippen LogP) is 3.49. The minimum Gasteiger partial charge on any atom is -0.375 e. The van der Waals surface area contributed by atoms with Crippen molar-refractivity contribution in [3.05, 3.63) is 10.6 Å². The van der Waals surface area contributed by atoms with Crippen molar-refractivity contribution in [1.82, 2.24) is 14.9 Å². The van der Waals surface area contributed by atoms with Gasteiger partial charge in [0, 0.05) is 12.6 Å². The van der Waals surface area contributed by atoms with Crippen LogP contribution in [0.5, 0.6) is 0 Å². The van der Waals surface area contributed by atoms with Gasteiger partial charge < -0.3 is 10.1 Å². The van der Waals surface area contributed by atoms with Crippen LogP contribution in [0.3, 0.4) is 0 Å². The first-order chi connectivity index (χ1) is 10.3. The predicted molar refractivity (Wildman–Crippen MR) is 85.6 cm³/mol. The van der Waals surface area contributed by atoms with Crippen molar-refractivity contribution < 1.29 is 4.74 Å². The number of ether oxygens (including phenoxy) is 1. The number of aromatic nitrogens is 2. The van der Waals surface area contributed by atoms with Crippen molar-refractivity contribution >= 4 is 11.5 Å². The second-order valence-electron chi connectivity index (χ2n) is 6.59. The maximum absolute atomic E-state index is 6.19. The molecule has 1 saturated carbocycles. The summed E-state index contributed by atoms with van der Waals surface area (Å²) in [5.74, 6) is 0.653. The topological polar surface area (TPSA) is 47.0 Å². The highest BCUT2D eigenvalue weighted by Crippen LogP contribution is 2.45. The molecule has 0 bridgehead atoms. The van der Waals surface area contributed by atoms with Crippen LogP contribution >= 0.6 is 11.5 Å². The fourth-order valence-electron chi connectivity index (χ4n) is 4.16. The number of nitrogens with one attached hydrogen (secondary N) is 1. The van der Waals surface area contributed by atoms with Crippen LogP contribution in [0.1, 0.15) is 68.5 Å². The summed E-state index contributed by atoms with van der Waals surface area (Å²) in [6, 6.07) is 0.396. The van der Waals surface area contributed by atoms with Crippen LogP contribution in [0, 0.1) is 5.92 Å². The van der Waals surface area contributed by atoms with Gasteiger partial charge in [-0.05, 0) is 56.6 Å². The van der Waals surface area contributed by atoms with E-state index < -0.39 is 0 Å². The third kappa shape index (κ3) is 3.15. The van der Waals surface area contributed by atoms with E-state index in [9.17, 15) is 0 Å². The highest BCUT2D eigenvalue weighted by molar-refractivity contribution is 7.05. The van der Waals surface area contributed by atoms with Gasteiger partial charge in [-0.3, -0.25) is 0 Å². The molecule has 2 fully saturated rings. The molecule has 1 aromatic rings. The summed E-state index contributed by atoms with van der Waals surface area (Å²) in [6.07, 6.45) is 9.69. The van der Waals surface area contributed by atoms with Gasteiger partial charge in [0.25, 0.3) is 0 Å². The second kappa shape index (κ2) is 6.71. The minimum absolute atomic E-state index is 0.182. The van der Waals surface area contributed by atoms with Gasteiger partial charge in [-0.1, -0.05) is 30.7 Å². The van der Waals surface area contributed by atoms with E-state index in [-0.39, 0.29) is 5.60 Å². The zero-order valence-electron chi connectivity index (χ0n) is 13.2. The lowest BCUT2D eigenvalue weighted by Crippen LogP contribution is -2.41. The summed E-state index contributed by atoms with van der Waals surface area (Å²) >= 11 is 1.58. The molecule has 1 spiro atoms. The summed E-state index contributed by atoms with van der Waals surface area (Å²) in [4.78, 5) is 1.36. The zero-order chi connectivity index (χ0) is 14.7. The molecule has 21 heavy (non-hydrogen) atoms. The Hall–Kier alpha value is -0.520. The van der Waals surface area contributed by atoms with Crippen molar-refractivity contribution in [2.75, 3.05) is 13.7 Å². The van der Waals surface area contributed by atoms with E-state index in [0.717, 1.165) is 25.9 Å². The van der Waals surface area contributed by atoms with Gasteiger partial charge >= 0.3 is 0 Å². The Morgan fingerprint density at radius 3 is 2.95 bits per heavy atom. The molecular formula is C16H27N3OS. The van der Waals surface area contributed by atoms with Gasteiger partial charge in [0.2, 0.25) is 0 Å². The monoisotopic (exact) mass is 309 g/mol. The van der Waals surface area contributed by atoms with Gasteiger partial charge in [0.05, 0.1) is 16.2 Å². The number of hydrogen-bond donors (Lipinski definition) is 1. The van der Waals surface area contributed by atoms with Crippen molar-refractivity contribution in [3.63, 3.8) is 0 Å². The van der Waals surface area contributed by atoms with E-state index in [1.54, 1.807) is 11.5 Å². The van der Waals surface area contributed by atoms with Crippen LogP contribution in [-0.2, 0) is 11.2 Å². The fraction of sp³-hybridized carbons (Fsp3) is 0.875. The third-order valence-corrected chi connectivity index (χ3v) is 6.03. The van der Waals surface area contributed by atoms with E-state index in [4.69, 9.17) is 4.74 Å². The lowest BCUT2D eigenvalue weighted by atomic mass is 9.80. The Kier molecular flexibility index (Phi) is 4.92. The number of hydrogen-bond acceptors (Lipinski definition) is 5. The molecule has 0 radical (unpaired) electrons. The van der Waals surface area contributed by atoms with E-state index in [1.807, 2.05) is 0 Å². The van der Waals surface area contributed by atoms with E-state index in [2.05, 4.69) is 28.9 Å². The van der Waals surface area contributed by atoms with Crippen LogP contribution in [0.4, 0.5) is 0 Å². The lowest BCUT2D eigenvalue weighted by molar-refractivity contribution is -0.0977. The average molecular weight is 309 g/mol. The van der Waals surface area contributed by atoms with Gasteiger partial charge in [0.15, 0.2) is 0 Å². The molecular weight excluding hydrogens is 282 g/mol. The van der Waals surface area contributed by atoms with Gasteiger partial charge in [-0.15, -0.1) is 5.10 Å². The standard InChI is InChI=1S/C16H27N3OS/c1-3-6-13-15(21-19-18-13)14(17-2)12-7-10-20-16(11-12)8-4-5-9-16/h12,14,17H,3-11H2,1-2H3. The first kappa shape index (κ1) is 15.4. The Bertz CT molecular complexity index is 456. The average Bonchev–Trinajstić information content (AvgIpc) is 3.12. The van der Waals surface area contributed by atoms with Gasteiger partial charge in [-0.25, -0.2) is 0 Å². The molecule has 1 aliphatic carbocycles. The molecule has 1 saturated heterocycles. The van der Waals surface area contributed by atoms with Gasteiger partial charge in [0.1, 0.15) is 0 Å². The molecule has 0 amide bonds. The molecule has 4 nitrogen and oxygen atoms in total. The van der Waals surface area contributed by atoms with Crippen molar-refractivity contribution in [1.29, 1.82) is 0 Å². The van der Waals surface area contributed by atoms with Crippen molar-refractivity contribution in [3.8, 4) is 0 Å². The molecule has 1 aromatic heterocycles. The first-order valence-corrected chi connectivity index (χ1v) is 9.18. The Labute approximate surface area is 131 Å². The minimum atomic E-state index is 0.182. The van der Waals surface area contributed by atoms with Crippen molar-refractivity contribution in [2.45, 2.75) is 69.9 Å². The first-order valence-electron chi connectivity index (χ1n) is 8.40. The van der Waals surface area contributed by atoms with Crippen LogP contribution in [0.15, 0.2) is 0 Å². The quantitative estimate of drug-likeness (QED) is 0.904. The van der Waals surface area contributed by atoms with Crippen LogP contribution in [-0.4, -0.2) is 28.8 Å². The van der Waals surface area contributed by atoms with Crippen LogP contribution in [0.25, 0.3) is 0 Å². The van der Waals surface area contributed by atoms with Crippen molar-refractivity contribution in [2.24, 2.45) is 5.92 Å². The number of aryl methyl sites for hydroxylation is 1. The lowest BCUT2D eigenvalue weighted by Gasteiger charge is -2.41. The van der Waals surface area contributed by atoms with E-state index in [0.29, 0.717) is 12.0 Å². The molecule has 0 aromatic carbocycles. The Morgan fingerprint density at radius 1 is 1.43 bits per heavy atom. The number of rotatable bonds is 5. The summed E-state index contributed by atoms with van der Waals surface area (Å²) in [6.45, 7) is 3.12. The highest BCUT2D eigenvalue weighted by Gasteiger charge is 2.42. The summed E-state index contributed by atoms with van der Waals surface area (Å²) < 4.78 is 10.4. The fourth-order valence-corrected chi connectivity index (χ4v) is 5.06. The molecule has 2 unspecified atom stereocenters. The van der Waals surface area contributed by atoms with E-state index >= 15 is 0 Å². The smallest absolute Gasteiger partial charge is 0.0803 e. The SMILES string of the molecule is CCCc1nnsc1C(NC)C1CCOC2(CCCC2)C1. The molecule has 2 aliphatic rings.